The molecule has 0 aliphatic carbocycles. The van der Waals surface area contributed by atoms with Gasteiger partial charge in [-0.3, -0.25) is 4.79 Å². The summed E-state index contributed by atoms with van der Waals surface area (Å²) in [5.41, 5.74) is 2.24. The van der Waals surface area contributed by atoms with Crippen LogP contribution in [0.2, 0.25) is 0 Å². The summed E-state index contributed by atoms with van der Waals surface area (Å²) in [4.78, 5) is 20.5. The number of furan rings is 1. The predicted molar refractivity (Wildman–Crippen MR) is 73.3 cm³/mol. The second-order valence-corrected chi connectivity index (χ2v) is 4.45. The second-order valence-electron chi connectivity index (χ2n) is 4.45. The molecule has 102 valence electrons. The lowest BCUT2D eigenvalue weighted by Crippen LogP contribution is -2.25. The zero-order valence-electron chi connectivity index (χ0n) is 11.0. The molecule has 0 bridgehead atoms. The number of imidazole rings is 1. The van der Waals surface area contributed by atoms with E-state index in [1.807, 2.05) is 23.7 Å². The van der Waals surface area contributed by atoms with Gasteiger partial charge in [-0.25, -0.2) is 9.97 Å². The van der Waals surface area contributed by atoms with Crippen molar-refractivity contribution in [3.8, 4) is 0 Å². The number of amides is 1. The molecule has 0 saturated carbocycles. The summed E-state index contributed by atoms with van der Waals surface area (Å²) in [5, 5.41) is 2.83. The minimum absolute atomic E-state index is 0.143. The van der Waals surface area contributed by atoms with Gasteiger partial charge in [0.15, 0.2) is 5.65 Å². The maximum Gasteiger partial charge on any atom is 0.254 e. The molecule has 0 aliphatic rings. The fraction of sp³-hybridized carbons (Fsp3) is 0.214. The van der Waals surface area contributed by atoms with E-state index in [0.29, 0.717) is 18.5 Å². The molecule has 0 fully saturated rings. The number of fused-ring (bicyclic) bond motifs is 1. The number of aromatic nitrogens is 3. The fourth-order valence-corrected chi connectivity index (χ4v) is 2.08. The molecule has 20 heavy (non-hydrogen) atoms. The molecule has 0 aromatic carbocycles. The maximum atomic E-state index is 11.7. The highest BCUT2D eigenvalue weighted by molar-refractivity contribution is 5.93. The molecule has 0 radical (unpaired) electrons. The Balaban J connectivity index is 1.65. The van der Waals surface area contributed by atoms with Crippen molar-refractivity contribution in [2.45, 2.75) is 6.42 Å². The van der Waals surface area contributed by atoms with Crippen LogP contribution in [0.1, 0.15) is 16.2 Å². The van der Waals surface area contributed by atoms with Crippen LogP contribution in [0.5, 0.6) is 0 Å². The van der Waals surface area contributed by atoms with Gasteiger partial charge < -0.3 is 14.3 Å². The number of carbonyl (C=O) groups excluding carboxylic acids is 1. The molecule has 0 saturated heterocycles. The second kappa shape index (κ2) is 5.16. The topological polar surface area (TPSA) is 73.0 Å². The molecule has 1 N–H and O–H groups in total. The number of nitrogens with one attached hydrogen (secondary N) is 1. The van der Waals surface area contributed by atoms with Gasteiger partial charge >= 0.3 is 0 Å². The summed E-state index contributed by atoms with van der Waals surface area (Å²) < 4.78 is 6.82. The van der Waals surface area contributed by atoms with E-state index in [9.17, 15) is 4.79 Å². The highest BCUT2D eigenvalue weighted by Gasteiger charge is 2.09. The summed E-state index contributed by atoms with van der Waals surface area (Å²) in [6.45, 7) is 0.515. The lowest BCUT2D eigenvalue weighted by Gasteiger charge is -2.03. The minimum Gasteiger partial charge on any atom is -0.472 e. The van der Waals surface area contributed by atoms with Crippen molar-refractivity contribution in [3.63, 3.8) is 0 Å². The molecule has 1 amide bonds. The quantitative estimate of drug-likeness (QED) is 0.780. The summed E-state index contributed by atoms with van der Waals surface area (Å²) in [6, 6.07) is 5.42. The van der Waals surface area contributed by atoms with Crippen molar-refractivity contribution in [1.82, 2.24) is 19.9 Å². The maximum absolute atomic E-state index is 11.7. The first kappa shape index (κ1) is 12.4. The Morgan fingerprint density at radius 2 is 2.35 bits per heavy atom. The van der Waals surface area contributed by atoms with Crippen LogP contribution >= 0.6 is 0 Å². The number of hydrogen-bond acceptors (Lipinski definition) is 4. The van der Waals surface area contributed by atoms with E-state index in [1.54, 1.807) is 12.3 Å². The summed E-state index contributed by atoms with van der Waals surface area (Å²) >= 11 is 0. The molecule has 3 rings (SSSR count). The molecule has 0 atom stereocenters. The van der Waals surface area contributed by atoms with Crippen molar-refractivity contribution >= 4 is 17.1 Å². The van der Waals surface area contributed by atoms with Gasteiger partial charge in [-0.1, -0.05) is 0 Å². The molecule has 6 heteroatoms. The summed E-state index contributed by atoms with van der Waals surface area (Å²) in [6.07, 6.45) is 5.30. The average molecular weight is 270 g/mol. The van der Waals surface area contributed by atoms with Gasteiger partial charge in [0, 0.05) is 26.2 Å². The van der Waals surface area contributed by atoms with Crippen LogP contribution in [-0.2, 0) is 13.5 Å². The molecular formula is C14H14N4O2. The summed E-state index contributed by atoms with van der Waals surface area (Å²) in [7, 11) is 1.93. The van der Waals surface area contributed by atoms with Crippen LogP contribution in [-0.4, -0.2) is 27.0 Å². The lowest BCUT2D eigenvalue weighted by molar-refractivity contribution is 0.0953. The van der Waals surface area contributed by atoms with E-state index in [1.165, 1.54) is 12.5 Å². The van der Waals surface area contributed by atoms with Gasteiger partial charge in [0.25, 0.3) is 5.91 Å². The van der Waals surface area contributed by atoms with Crippen LogP contribution in [0.3, 0.4) is 0 Å². The third kappa shape index (κ3) is 2.27. The smallest absolute Gasteiger partial charge is 0.254 e. The number of nitrogens with zero attached hydrogens (tertiary/aromatic N) is 3. The minimum atomic E-state index is -0.143. The first-order chi connectivity index (χ1) is 9.75. The van der Waals surface area contributed by atoms with Gasteiger partial charge in [-0.2, -0.15) is 0 Å². The first-order valence-corrected chi connectivity index (χ1v) is 6.32. The third-order valence-corrected chi connectivity index (χ3v) is 3.14. The van der Waals surface area contributed by atoms with Crippen molar-refractivity contribution in [2.24, 2.45) is 7.05 Å². The Morgan fingerprint density at radius 3 is 3.10 bits per heavy atom. The van der Waals surface area contributed by atoms with Crippen molar-refractivity contribution in [1.29, 1.82) is 0 Å². The van der Waals surface area contributed by atoms with Gasteiger partial charge in [0.1, 0.15) is 17.6 Å². The summed E-state index contributed by atoms with van der Waals surface area (Å²) in [5.74, 6) is 0.752. The Kier molecular flexibility index (Phi) is 3.20. The highest BCUT2D eigenvalue weighted by Crippen LogP contribution is 2.11. The van der Waals surface area contributed by atoms with E-state index < -0.39 is 0 Å². The zero-order chi connectivity index (χ0) is 13.9. The number of rotatable bonds is 4. The fourth-order valence-electron chi connectivity index (χ4n) is 2.08. The van der Waals surface area contributed by atoms with Crippen LogP contribution in [0, 0.1) is 0 Å². The normalized spacial score (nSPS) is 10.8. The van der Waals surface area contributed by atoms with Crippen LogP contribution < -0.4 is 5.32 Å². The van der Waals surface area contributed by atoms with Crippen LogP contribution in [0.25, 0.3) is 11.2 Å². The van der Waals surface area contributed by atoms with E-state index in [-0.39, 0.29) is 5.91 Å². The van der Waals surface area contributed by atoms with Crippen molar-refractivity contribution in [3.05, 3.63) is 48.3 Å². The Bertz CT molecular complexity index is 731. The Morgan fingerprint density at radius 1 is 1.45 bits per heavy atom. The van der Waals surface area contributed by atoms with E-state index in [0.717, 1.165) is 17.0 Å². The zero-order valence-corrected chi connectivity index (χ0v) is 11.0. The molecule has 3 heterocycles. The molecule has 0 aliphatic heterocycles. The van der Waals surface area contributed by atoms with Crippen molar-refractivity contribution < 1.29 is 9.21 Å². The monoisotopic (exact) mass is 270 g/mol. The number of aryl methyl sites for hydroxylation is 1. The average Bonchev–Trinajstić information content (AvgIpc) is 3.09. The third-order valence-electron chi connectivity index (χ3n) is 3.14. The van der Waals surface area contributed by atoms with Gasteiger partial charge in [-0.15, -0.1) is 0 Å². The van der Waals surface area contributed by atoms with E-state index in [4.69, 9.17) is 4.42 Å². The van der Waals surface area contributed by atoms with E-state index in [2.05, 4.69) is 15.3 Å². The molecule has 0 unspecified atom stereocenters. The Labute approximate surface area is 115 Å². The lowest BCUT2D eigenvalue weighted by atomic mass is 10.3. The highest BCUT2D eigenvalue weighted by atomic mass is 16.3. The number of hydrogen-bond donors (Lipinski definition) is 1. The molecule has 3 aromatic rings. The molecule has 3 aromatic heterocycles. The number of carbonyl (C=O) groups is 1. The van der Waals surface area contributed by atoms with Gasteiger partial charge in [0.05, 0.1) is 11.8 Å². The Hall–Kier alpha value is -2.63. The van der Waals surface area contributed by atoms with Crippen molar-refractivity contribution in [2.75, 3.05) is 6.54 Å². The predicted octanol–water partition coefficient (Wildman–Crippen LogP) is 1.53. The molecule has 6 nitrogen and oxygen atoms in total. The van der Waals surface area contributed by atoms with Crippen LogP contribution in [0.4, 0.5) is 0 Å². The standard InChI is InChI=1S/C14H14N4O2/c1-18-12(17-11-3-2-6-15-13(11)18)4-7-16-14(19)10-5-8-20-9-10/h2-3,5-6,8-9H,4,7H2,1H3,(H,16,19). The van der Waals surface area contributed by atoms with E-state index >= 15 is 0 Å². The van der Waals surface area contributed by atoms with Crippen LogP contribution in [0.15, 0.2) is 41.3 Å². The number of pyridine rings is 1. The molecular weight excluding hydrogens is 256 g/mol. The van der Waals surface area contributed by atoms with Gasteiger partial charge in [0.2, 0.25) is 0 Å². The SMILES string of the molecule is Cn1c(CCNC(=O)c2ccoc2)nc2cccnc21. The molecule has 0 spiro atoms. The first-order valence-electron chi connectivity index (χ1n) is 6.32. The largest absolute Gasteiger partial charge is 0.472 e. The van der Waals surface area contributed by atoms with Gasteiger partial charge in [-0.05, 0) is 18.2 Å².